The molecule has 0 radical (unpaired) electrons. The van der Waals surface area contributed by atoms with Gasteiger partial charge in [0.25, 0.3) is 0 Å². The van der Waals surface area contributed by atoms with E-state index in [9.17, 15) is 4.79 Å². The highest BCUT2D eigenvalue weighted by Crippen LogP contribution is 2.19. The number of carbonyl (C=O) groups is 1. The summed E-state index contributed by atoms with van der Waals surface area (Å²) < 4.78 is 11.2. The van der Waals surface area contributed by atoms with E-state index in [1.807, 2.05) is 73.7 Å². The van der Waals surface area contributed by atoms with Crippen molar-refractivity contribution in [1.29, 1.82) is 0 Å². The summed E-state index contributed by atoms with van der Waals surface area (Å²) >= 11 is 0. The zero-order valence-corrected chi connectivity index (χ0v) is 17.6. The Labute approximate surface area is 179 Å². The standard InChI is InChI=1S/C26H29NO3/c1-21(25(26(28)29-2)30-20-24-16-10-5-11-17-24)27(18-22-12-6-3-7-13-22)19-23-14-8-4-9-15-23/h3-17,21,25H,18-20H2,1-2H3/t21-,25?/m0/s1. The van der Waals surface area contributed by atoms with E-state index < -0.39 is 6.10 Å². The van der Waals surface area contributed by atoms with Gasteiger partial charge in [0.05, 0.1) is 13.7 Å². The quantitative estimate of drug-likeness (QED) is 0.454. The van der Waals surface area contributed by atoms with Crippen molar-refractivity contribution in [1.82, 2.24) is 4.90 Å². The highest BCUT2D eigenvalue weighted by atomic mass is 16.6. The molecular weight excluding hydrogens is 374 g/mol. The van der Waals surface area contributed by atoms with E-state index in [4.69, 9.17) is 9.47 Å². The maximum Gasteiger partial charge on any atom is 0.336 e. The van der Waals surface area contributed by atoms with E-state index in [1.54, 1.807) is 0 Å². The van der Waals surface area contributed by atoms with Gasteiger partial charge in [-0.25, -0.2) is 4.79 Å². The number of benzene rings is 3. The number of carbonyl (C=O) groups excluding carboxylic acids is 1. The van der Waals surface area contributed by atoms with Gasteiger partial charge in [-0.1, -0.05) is 91.0 Å². The molecule has 0 aliphatic rings. The van der Waals surface area contributed by atoms with Gasteiger partial charge in [-0.05, 0) is 23.6 Å². The lowest BCUT2D eigenvalue weighted by atomic mass is 10.1. The third kappa shape index (κ3) is 6.28. The summed E-state index contributed by atoms with van der Waals surface area (Å²) in [6.45, 7) is 3.80. The molecule has 4 heteroatoms. The van der Waals surface area contributed by atoms with Gasteiger partial charge in [0.2, 0.25) is 0 Å². The second-order valence-electron chi connectivity index (χ2n) is 7.36. The lowest BCUT2D eigenvalue weighted by Gasteiger charge is -2.33. The number of methoxy groups -OCH3 is 1. The Bertz CT molecular complexity index is 842. The second-order valence-corrected chi connectivity index (χ2v) is 7.36. The topological polar surface area (TPSA) is 38.8 Å². The lowest BCUT2D eigenvalue weighted by molar-refractivity contribution is -0.160. The molecule has 30 heavy (non-hydrogen) atoms. The summed E-state index contributed by atoms with van der Waals surface area (Å²) in [7, 11) is 1.41. The molecule has 1 unspecified atom stereocenters. The Kier molecular flexibility index (Phi) is 8.19. The van der Waals surface area contributed by atoms with Crippen LogP contribution >= 0.6 is 0 Å². The largest absolute Gasteiger partial charge is 0.467 e. The van der Waals surface area contributed by atoms with Crippen molar-refractivity contribution in [2.24, 2.45) is 0 Å². The van der Waals surface area contributed by atoms with E-state index in [0.29, 0.717) is 19.7 Å². The van der Waals surface area contributed by atoms with Crippen molar-refractivity contribution in [3.05, 3.63) is 108 Å². The first kappa shape index (κ1) is 21.8. The van der Waals surface area contributed by atoms with E-state index in [-0.39, 0.29) is 12.0 Å². The number of nitrogens with zero attached hydrogens (tertiary/aromatic N) is 1. The Morgan fingerprint density at radius 2 is 1.20 bits per heavy atom. The highest BCUT2D eigenvalue weighted by Gasteiger charge is 2.31. The Morgan fingerprint density at radius 3 is 1.63 bits per heavy atom. The molecule has 0 bridgehead atoms. The second kappa shape index (κ2) is 11.3. The van der Waals surface area contributed by atoms with Gasteiger partial charge >= 0.3 is 5.97 Å². The van der Waals surface area contributed by atoms with E-state index in [1.165, 1.54) is 18.2 Å². The predicted octanol–water partition coefficient (Wildman–Crippen LogP) is 4.84. The van der Waals surface area contributed by atoms with Crippen molar-refractivity contribution < 1.29 is 14.3 Å². The van der Waals surface area contributed by atoms with Crippen molar-refractivity contribution in [2.75, 3.05) is 7.11 Å². The molecule has 0 spiro atoms. The number of ether oxygens (including phenoxy) is 2. The molecule has 3 rings (SSSR count). The Morgan fingerprint density at radius 1 is 0.767 bits per heavy atom. The van der Waals surface area contributed by atoms with Crippen LogP contribution in [0.1, 0.15) is 23.6 Å². The minimum absolute atomic E-state index is 0.179. The summed E-state index contributed by atoms with van der Waals surface area (Å²) in [6.07, 6.45) is -0.692. The van der Waals surface area contributed by atoms with Crippen LogP contribution in [-0.2, 0) is 34.0 Å². The van der Waals surface area contributed by atoms with E-state index in [0.717, 1.165) is 5.56 Å². The summed E-state index contributed by atoms with van der Waals surface area (Å²) in [4.78, 5) is 14.9. The highest BCUT2D eigenvalue weighted by molar-refractivity contribution is 5.75. The minimum atomic E-state index is -0.692. The van der Waals surface area contributed by atoms with E-state index in [2.05, 4.69) is 29.2 Å². The van der Waals surface area contributed by atoms with Crippen molar-refractivity contribution in [3.63, 3.8) is 0 Å². The van der Waals surface area contributed by atoms with Gasteiger partial charge in [0.1, 0.15) is 0 Å². The van der Waals surface area contributed by atoms with Crippen LogP contribution in [0.25, 0.3) is 0 Å². The number of rotatable bonds is 10. The monoisotopic (exact) mass is 403 g/mol. The Hall–Kier alpha value is -2.95. The van der Waals surface area contributed by atoms with Crippen molar-refractivity contribution in [3.8, 4) is 0 Å². The molecule has 0 aromatic heterocycles. The van der Waals surface area contributed by atoms with Crippen LogP contribution in [-0.4, -0.2) is 30.1 Å². The summed E-state index contributed by atoms with van der Waals surface area (Å²) in [6, 6.07) is 30.2. The number of esters is 1. The van der Waals surface area contributed by atoms with Gasteiger partial charge in [-0.15, -0.1) is 0 Å². The first-order valence-corrected chi connectivity index (χ1v) is 10.2. The van der Waals surface area contributed by atoms with Crippen molar-refractivity contribution >= 4 is 5.97 Å². The fourth-order valence-corrected chi connectivity index (χ4v) is 3.45. The first-order chi connectivity index (χ1) is 14.7. The van der Waals surface area contributed by atoms with Gasteiger partial charge in [0, 0.05) is 19.1 Å². The zero-order valence-electron chi connectivity index (χ0n) is 17.6. The summed E-state index contributed by atoms with van der Waals surface area (Å²) in [5, 5.41) is 0. The lowest BCUT2D eigenvalue weighted by Crippen LogP contribution is -2.46. The third-order valence-electron chi connectivity index (χ3n) is 5.18. The molecule has 156 valence electrons. The molecular formula is C26H29NO3. The molecule has 0 aliphatic carbocycles. The van der Waals surface area contributed by atoms with Gasteiger partial charge < -0.3 is 9.47 Å². The molecule has 4 nitrogen and oxygen atoms in total. The fraction of sp³-hybridized carbons (Fsp3) is 0.269. The fourth-order valence-electron chi connectivity index (χ4n) is 3.45. The average Bonchev–Trinajstić information content (AvgIpc) is 2.80. The third-order valence-corrected chi connectivity index (χ3v) is 5.18. The molecule has 3 aromatic rings. The number of hydrogen-bond acceptors (Lipinski definition) is 4. The molecule has 0 saturated heterocycles. The van der Waals surface area contributed by atoms with Crippen LogP contribution in [0.15, 0.2) is 91.0 Å². The smallest absolute Gasteiger partial charge is 0.336 e. The van der Waals surface area contributed by atoms with E-state index >= 15 is 0 Å². The normalized spacial score (nSPS) is 13.0. The van der Waals surface area contributed by atoms with Crippen LogP contribution in [0.5, 0.6) is 0 Å². The molecule has 0 amide bonds. The van der Waals surface area contributed by atoms with Crippen LogP contribution in [0.4, 0.5) is 0 Å². The number of hydrogen-bond donors (Lipinski definition) is 0. The zero-order chi connectivity index (χ0) is 21.2. The molecule has 3 aromatic carbocycles. The van der Waals surface area contributed by atoms with Gasteiger partial charge in [0.15, 0.2) is 6.10 Å². The molecule has 0 heterocycles. The first-order valence-electron chi connectivity index (χ1n) is 10.2. The van der Waals surface area contributed by atoms with Crippen LogP contribution in [0.3, 0.4) is 0 Å². The molecule has 0 fully saturated rings. The predicted molar refractivity (Wildman–Crippen MR) is 119 cm³/mol. The van der Waals surface area contributed by atoms with Gasteiger partial charge in [-0.2, -0.15) is 0 Å². The van der Waals surface area contributed by atoms with Crippen LogP contribution in [0.2, 0.25) is 0 Å². The minimum Gasteiger partial charge on any atom is -0.467 e. The van der Waals surface area contributed by atoms with Crippen LogP contribution < -0.4 is 0 Å². The van der Waals surface area contributed by atoms with Crippen LogP contribution in [0, 0.1) is 0 Å². The molecule has 0 N–H and O–H groups in total. The molecule has 0 saturated carbocycles. The molecule has 2 atom stereocenters. The summed E-state index contributed by atoms with van der Waals surface area (Å²) in [5.41, 5.74) is 3.40. The van der Waals surface area contributed by atoms with Crippen molar-refractivity contribution in [2.45, 2.75) is 38.8 Å². The maximum absolute atomic E-state index is 12.6. The average molecular weight is 404 g/mol. The maximum atomic E-state index is 12.6. The van der Waals surface area contributed by atoms with Gasteiger partial charge in [-0.3, -0.25) is 4.90 Å². The SMILES string of the molecule is COC(=O)C(OCc1ccccc1)[C@H](C)N(Cc1ccccc1)Cc1ccccc1. The summed E-state index contributed by atoms with van der Waals surface area (Å²) in [5.74, 6) is -0.357. The Balaban J connectivity index is 1.80. The molecule has 0 aliphatic heterocycles.